The van der Waals surface area contributed by atoms with Crippen molar-refractivity contribution in [2.75, 3.05) is 25.5 Å². The molecule has 0 saturated heterocycles. The van der Waals surface area contributed by atoms with E-state index in [2.05, 4.69) is 5.32 Å². The third kappa shape index (κ3) is 2.79. The fourth-order valence-corrected chi connectivity index (χ4v) is 2.29. The van der Waals surface area contributed by atoms with Gasteiger partial charge in [-0.05, 0) is 30.3 Å². The van der Waals surface area contributed by atoms with Gasteiger partial charge in [0.1, 0.15) is 12.4 Å². The van der Waals surface area contributed by atoms with Crippen molar-refractivity contribution in [3.63, 3.8) is 0 Å². The standard InChI is InChI=1S/C17H16N2O3/c1-19-9-10-22-15-8-7-13(11-14(15)17(19)21)18-16(20)12-5-3-2-4-6-12/h2-8,11H,9-10H2,1H3,(H,18,20). The first-order chi connectivity index (χ1) is 10.6. The molecular weight excluding hydrogens is 280 g/mol. The van der Waals surface area contributed by atoms with E-state index in [4.69, 9.17) is 4.74 Å². The molecule has 112 valence electrons. The van der Waals surface area contributed by atoms with Gasteiger partial charge in [0, 0.05) is 18.3 Å². The summed E-state index contributed by atoms with van der Waals surface area (Å²) in [5.41, 5.74) is 1.60. The number of nitrogens with zero attached hydrogens (tertiary/aromatic N) is 1. The second kappa shape index (κ2) is 5.89. The van der Waals surface area contributed by atoms with Crippen molar-refractivity contribution < 1.29 is 14.3 Å². The van der Waals surface area contributed by atoms with E-state index in [1.165, 1.54) is 0 Å². The lowest BCUT2D eigenvalue weighted by molar-refractivity contribution is 0.0796. The van der Waals surface area contributed by atoms with Gasteiger partial charge in [0.15, 0.2) is 0 Å². The van der Waals surface area contributed by atoms with Gasteiger partial charge in [-0.1, -0.05) is 18.2 Å². The van der Waals surface area contributed by atoms with Crippen LogP contribution in [0.4, 0.5) is 5.69 Å². The Balaban J connectivity index is 1.86. The number of amides is 2. The number of ether oxygens (including phenoxy) is 1. The first-order valence-corrected chi connectivity index (χ1v) is 7.04. The number of likely N-dealkylation sites (N-methyl/N-ethyl adjacent to an activating group) is 1. The number of fused-ring (bicyclic) bond motifs is 1. The van der Waals surface area contributed by atoms with Gasteiger partial charge in [0.2, 0.25) is 0 Å². The van der Waals surface area contributed by atoms with Crippen molar-refractivity contribution in [3.05, 3.63) is 59.7 Å². The summed E-state index contributed by atoms with van der Waals surface area (Å²) in [6.45, 7) is 1.00. The quantitative estimate of drug-likeness (QED) is 0.926. The molecule has 0 saturated carbocycles. The van der Waals surface area contributed by atoms with Gasteiger partial charge in [0.05, 0.1) is 12.1 Å². The van der Waals surface area contributed by atoms with Crippen LogP contribution in [-0.2, 0) is 0 Å². The van der Waals surface area contributed by atoms with E-state index in [1.54, 1.807) is 54.4 Å². The molecule has 2 aromatic carbocycles. The average molecular weight is 296 g/mol. The molecule has 1 N–H and O–H groups in total. The van der Waals surface area contributed by atoms with Crippen molar-refractivity contribution in [2.45, 2.75) is 0 Å². The van der Waals surface area contributed by atoms with Crippen molar-refractivity contribution in [3.8, 4) is 5.75 Å². The Labute approximate surface area is 128 Å². The van der Waals surface area contributed by atoms with E-state index in [-0.39, 0.29) is 11.8 Å². The van der Waals surface area contributed by atoms with Crippen molar-refractivity contribution in [1.82, 2.24) is 4.90 Å². The lowest BCUT2D eigenvalue weighted by Gasteiger charge is -2.13. The Morgan fingerprint density at radius 2 is 1.95 bits per heavy atom. The third-order valence-electron chi connectivity index (χ3n) is 3.53. The zero-order chi connectivity index (χ0) is 15.5. The zero-order valence-corrected chi connectivity index (χ0v) is 12.2. The Hall–Kier alpha value is -2.82. The molecule has 2 amide bonds. The van der Waals surface area contributed by atoms with Crippen LogP contribution in [0, 0.1) is 0 Å². The number of hydrogen-bond acceptors (Lipinski definition) is 3. The molecule has 0 fully saturated rings. The van der Waals surface area contributed by atoms with Crippen LogP contribution < -0.4 is 10.1 Å². The summed E-state index contributed by atoms with van der Waals surface area (Å²) < 4.78 is 5.56. The van der Waals surface area contributed by atoms with Crippen molar-refractivity contribution in [1.29, 1.82) is 0 Å². The topological polar surface area (TPSA) is 58.6 Å². The Kier molecular flexibility index (Phi) is 3.78. The highest BCUT2D eigenvalue weighted by Crippen LogP contribution is 2.26. The van der Waals surface area contributed by atoms with E-state index in [0.29, 0.717) is 35.7 Å². The fraction of sp³-hybridized carbons (Fsp3) is 0.176. The van der Waals surface area contributed by atoms with Gasteiger partial charge in [-0.25, -0.2) is 0 Å². The molecule has 0 spiro atoms. The normalized spacial score (nSPS) is 13.9. The zero-order valence-electron chi connectivity index (χ0n) is 12.2. The average Bonchev–Trinajstić information content (AvgIpc) is 2.68. The third-order valence-corrected chi connectivity index (χ3v) is 3.53. The molecule has 1 aliphatic heterocycles. The predicted octanol–water partition coefficient (Wildman–Crippen LogP) is 2.40. The highest BCUT2D eigenvalue weighted by Gasteiger charge is 2.21. The highest BCUT2D eigenvalue weighted by molar-refractivity contribution is 6.05. The maximum Gasteiger partial charge on any atom is 0.257 e. The van der Waals surface area contributed by atoms with Gasteiger partial charge in [-0.15, -0.1) is 0 Å². The van der Waals surface area contributed by atoms with E-state index in [1.807, 2.05) is 6.07 Å². The van der Waals surface area contributed by atoms with Gasteiger partial charge in [-0.2, -0.15) is 0 Å². The monoisotopic (exact) mass is 296 g/mol. The predicted molar refractivity (Wildman–Crippen MR) is 83.3 cm³/mol. The molecule has 1 heterocycles. The van der Waals surface area contributed by atoms with E-state index < -0.39 is 0 Å². The van der Waals surface area contributed by atoms with Gasteiger partial charge < -0.3 is 15.0 Å². The van der Waals surface area contributed by atoms with Crippen LogP contribution >= 0.6 is 0 Å². The number of rotatable bonds is 2. The molecule has 0 aromatic heterocycles. The first-order valence-electron chi connectivity index (χ1n) is 7.04. The fourth-order valence-electron chi connectivity index (χ4n) is 2.29. The molecule has 3 rings (SSSR count). The van der Waals surface area contributed by atoms with Gasteiger partial charge in [0.25, 0.3) is 11.8 Å². The number of hydrogen-bond donors (Lipinski definition) is 1. The van der Waals surface area contributed by atoms with E-state index in [9.17, 15) is 9.59 Å². The Bertz CT molecular complexity index is 713. The molecule has 2 aromatic rings. The second-order valence-corrected chi connectivity index (χ2v) is 5.11. The van der Waals surface area contributed by atoms with Crippen LogP contribution in [0.2, 0.25) is 0 Å². The van der Waals surface area contributed by atoms with Crippen LogP contribution in [-0.4, -0.2) is 36.9 Å². The van der Waals surface area contributed by atoms with Gasteiger partial charge in [-0.3, -0.25) is 9.59 Å². The molecule has 5 heteroatoms. The molecule has 0 radical (unpaired) electrons. The molecule has 5 nitrogen and oxygen atoms in total. The smallest absolute Gasteiger partial charge is 0.257 e. The minimum atomic E-state index is -0.212. The number of carbonyl (C=O) groups is 2. The van der Waals surface area contributed by atoms with Gasteiger partial charge >= 0.3 is 0 Å². The number of anilines is 1. The molecular formula is C17H16N2O3. The Morgan fingerprint density at radius 3 is 2.73 bits per heavy atom. The first kappa shape index (κ1) is 14.1. The van der Waals surface area contributed by atoms with E-state index >= 15 is 0 Å². The molecule has 0 unspecified atom stereocenters. The summed E-state index contributed by atoms with van der Waals surface area (Å²) >= 11 is 0. The molecule has 0 atom stereocenters. The van der Waals surface area contributed by atoms with Crippen LogP contribution in [0.3, 0.4) is 0 Å². The van der Waals surface area contributed by atoms with Crippen LogP contribution in [0.15, 0.2) is 48.5 Å². The van der Waals surface area contributed by atoms with Crippen molar-refractivity contribution >= 4 is 17.5 Å². The maximum absolute atomic E-state index is 12.3. The molecule has 22 heavy (non-hydrogen) atoms. The number of nitrogens with one attached hydrogen (secondary N) is 1. The van der Waals surface area contributed by atoms with Crippen LogP contribution in [0.25, 0.3) is 0 Å². The summed E-state index contributed by atoms with van der Waals surface area (Å²) in [5.74, 6) is 0.228. The Morgan fingerprint density at radius 1 is 1.18 bits per heavy atom. The SMILES string of the molecule is CN1CCOc2ccc(NC(=O)c3ccccc3)cc2C1=O. The van der Waals surface area contributed by atoms with E-state index in [0.717, 1.165) is 0 Å². The lowest BCUT2D eigenvalue weighted by Crippen LogP contribution is -2.27. The second-order valence-electron chi connectivity index (χ2n) is 5.11. The van der Waals surface area contributed by atoms with Crippen LogP contribution in [0.1, 0.15) is 20.7 Å². The van der Waals surface area contributed by atoms with Crippen molar-refractivity contribution in [2.24, 2.45) is 0 Å². The lowest BCUT2D eigenvalue weighted by atomic mass is 10.1. The number of benzene rings is 2. The molecule has 1 aliphatic rings. The summed E-state index contributed by atoms with van der Waals surface area (Å²) in [5, 5.41) is 2.80. The molecule has 0 bridgehead atoms. The minimum absolute atomic E-state index is 0.108. The van der Waals surface area contributed by atoms with Crippen LogP contribution in [0.5, 0.6) is 5.75 Å². The summed E-state index contributed by atoms with van der Waals surface area (Å²) in [6.07, 6.45) is 0. The summed E-state index contributed by atoms with van der Waals surface area (Å²) in [7, 11) is 1.73. The minimum Gasteiger partial charge on any atom is -0.491 e. The summed E-state index contributed by atoms with van der Waals surface area (Å²) in [6, 6.07) is 14.0. The largest absolute Gasteiger partial charge is 0.491 e. The maximum atomic E-state index is 12.3. The molecule has 0 aliphatic carbocycles. The highest BCUT2D eigenvalue weighted by atomic mass is 16.5. The number of carbonyl (C=O) groups excluding carboxylic acids is 2. The summed E-state index contributed by atoms with van der Waals surface area (Å²) in [4.78, 5) is 26.0.